The zero-order chi connectivity index (χ0) is 20.7. The molecule has 2 fully saturated rings. The molecule has 28 heavy (non-hydrogen) atoms. The van der Waals surface area contributed by atoms with Gasteiger partial charge in [0.15, 0.2) is 0 Å². The lowest BCUT2D eigenvalue weighted by atomic mass is 9.73. The minimum Gasteiger partial charge on any atom is -0.379 e. The molecule has 0 aromatic rings. The third kappa shape index (κ3) is 6.77. The molecule has 2 N–H and O–H groups in total. The van der Waals surface area contributed by atoms with Gasteiger partial charge in [0.25, 0.3) is 0 Å². The van der Waals surface area contributed by atoms with Crippen molar-refractivity contribution in [2.24, 2.45) is 28.9 Å². The van der Waals surface area contributed by atoms with Crippen LogP contribution in [0.3, 0.4) is 0 Å². The fourth-order valence-electron chi connectivity index (χ4n) is 4.68. The molecule has 1 aliphatic heterocycles. The Morgan fingerprint density at radius 3 is 2.57 bits per heavy atom. The highest BCUT2D eigenvalue weighted by Gasteiger charge is 2.39. The summed E-state index contributed by atoms with van der Waals surface area (Å²) in [5.74, 6) is 1.79. The van der Waals surface area contributed by atoms with E-state index in [2.05, 4.69) is 32.6 Å². The minimum absolute atomic E-state index is 0.102. The molecule has 2 atom stereocenters. The molecule has 0 bridgehead atoms. The number of amides is 1. The molecule has 2 rings (SSSR count). The van der Waals surface area contributed by atoms with Crippen LogP contribution in [0.5, 0.6) is 0 Å². The maximum Gasteiger partial charge on any atom is 0.226 e. The average Bonchev–Trinajstić information content (AvgIpc) is 3.07. The molecule has 1 saturated heterocycles. The Balaban J connectivity index is 1.80. The Morgan fingerprint density at radius 1 is 1.25 bits per heavy atom. The quantitative estimate of drug-likeness (QED) is 0.506. The van der Waals surface area contributed by atoms with Crippen molar-refractivity contribution >= 4 is 23.0 Å². The van der Waals surface area contributed by atoms with Crippen molar-refractivity contribution in [3.8, 4) is 0 Å². The van der Waals surface area contributed by atoms with E-state index in [4.69, 9.17) is 22.7 Å². The fourth-order valence-corrected chi connectivity index (χ4v) is 4.85. The Bertz CT molecular complexity index is 511. The minimum atomic E-state index is -0.121. The predicted molar refractivity (Wildman–Crippen MR) is 121 cm³/mol. The summed E-state index contributed by atoms with van der Waals surface area (Å²) < 4.78 is 6.08. The Labute approximate surface area is 177 Å². The predicted octanol–water partition coefficient (Wildman–Crippen LogP) is 4.59. The van der Waals surface area contributed by atoms with Crippen LogP contribution in [-0.2, 0) is 9.53 Å². The van der Waals surface area contributed by atoms with Crippen molar-refractivity contribution in [3.05, 3.63) is 0 Å². The zero-order valence-corrected chi connectivity index (χ0v) is 19.4. The summed E-state index contributed by atoms with van der Waals surface area (Å²) in [5.41, 5.74) is 5.59. The Hall–Kier alpha value is -0.520. The second-order valence-electron chi connectivity index (χ2n) is 10.1. The van der Waals surface area contributed by atoms with Gasteiger partial charge in [0.05, 0.1) is 12.6 Å². The first-order valence-electron chi connectivity index (χ1n) is 11.4. The van der Waals surface area contributed by atoms with Crippen molar-refractivity contribution in [1.29, 1.82) is 0 Å². The molecule has 0 spiro atoms. The molecule has 0 unspecified atom stereocenters. The second kappa shape index (κ2) is 11.0. The van der Waals surface area contributed by atoms with Gasteiger partial charge in [0, 0.05) is 30.5 Å². The summed E-state index contributed by atoms with van der Waals surface area (Å²) >= 11 is 5.36. The number of unbranched alkanes of at least 4 members (excludes halogenated alkanes) is 1. The molecule has 0 aromatic carbocycles. The number of carbonyl (C=O) groups is 1. The summed E-state index contributed by atoms with van der Waals surface area (Å²) in [7, 11) is 0. The number of likely N-dealkylation sites (tertiary alicyclic amines) is 1. The van der Waals surface area contributed by atoms with E-state index >= 15 is 0 Å². The van der Waals surface area contributed by atoms with Crippen molar-refractivity contribution < 1.29 is 9.53 Å². The molecule has 5 heteroatoms. The standard InChI is InChI=1S/C23H42N2O2S/c1-5-6-8-17-11-18(12-17)15-27-16-19-9-7-10-25(19)22(26)21(23(2,3)4)13-20(28)14-24/h17-19,21H,5-16,24H2,1-4H3/t17?,18?,19-,21-/m1/s1. The molecule has 1 amide bonds. The van der Waals surface area contributed by atoms with Crippen molar-refractivity contribution in [3.63, 3.8) is 0 Å². The highest BCUT2D eigenvalue weighted by Crippen LogP contribution is 2.37. The van der Waals surface area contributed by atoms with Crippen LogP contribution in [0.15, 0.2) is 0 Å². The van der Waals surface area contributed by atoms with Crippen LogP contribution in [0.25, 0.3) is 0 Å². The summed E-state index contributed by atoms with van der Waals surface area (Å²) in [4.78, 5) is 16.2. The zero-order valence-electron chi connectivity index (χ0n) is 18.5. The third-order valence-corrected chi connectivity index (χ3v) is 6.96. The van der Waals surface area contributed by atoms with Crippen LogP contribution >= 0.6 is 12.2 Å². The number of hydrogen-bond donors (Lipinski definition) is 1. The molecular weight excluding hydrogens is 368 g/mol. The highest BCUT2D eigenvalue weighted by molar-refractivity contribution is 7.80. The van der Waals surface area contributed by atoms with Gasteiger partial charge in [-0.3, -0.25) is 4.79 Å². The SMILES string of the molecule is CCCCC1CC(COC[C@H]2CCCN2C(=O)[C@@H](CC(=S)CN)C(C)(C)C)C1. The van der Waals surface area contributed by atoms with Crippen LogP contribution in [0.1, 0.15) is 79.1 Å². The lowest BCUT2D eigenvalue weighted by Crippen LogP contribution is -2.46. The lowest BCUT2D eigenvalue weighted by Gasteiger charge is -2.37. The number of thiocarbonyl (C=S) groups is 1. The molecule has 0 aromatic heterocycles. The maximum atomic E-state index is 13.3. The van der Waals surface area contributed by atoms with Gasteiger partial charge in [-0.05, 0) is 49.4 Å². The Kier molecular flexibility index (Phi) is 9.36. The van der Waals surface area contributed by atoms with Crippen molar-refractivity contribution in [2.75, 3.05) is 26.3 Å². The van der Waals surface area contributed by atoms with Gasteiger partial charge >= 0.3 is 0 Å². The highest BCUT2D eigenvalue weighted by atomic mass is 32.1. The first-order chi connectivity index (χ1) is 13.3. The van der Waals surface area contributed by atoms with Gasteiger partial charge in [-0.25, -0.2) is 0 Å². The number of hydrogen-bond acceptors (Lipinski definition) is 4. The fraction of sp³-hybridized carbons (Fsp3) is 0.913. The first kappa shape index (κ1) is 23.8. The van der Waals surface area contributed by atoms with Crippen LogP contribution in [-0.4, -0.2) is 48.0 Å². The molecular formula is C23H42N2O2S. The van der Waals surface area contributed by atoms with E-state index in [0.29, 0.717) is 19.6 Å². The van der Waals surface area contributed by atoms with E-state index in [1.807, 2.05) is 0 Å². The number of rotatable bonds is 11. The second-order valence-corrected chi connectivity index (χ2v) is 10.7. The van der Waals surface area contributed by atoms with Gasteiger partial charge in [-0.15, -0.1) is 0 Å². The van der Waals surface area contributed by atoms with Crippen LogP contribution in [0, 0.1) is 23.2 Å². The van der Waals surface area contributed by atoms with E-state index in [9.17, 15) is 4.79 Å². The van der Waals surface area contributed by atoms with Crippen LogP contribution < -0.4 is 5.73 Å². The molecule has 4 nitrogen and oxygen atoms in total. The molecule has 1 aliphatic carbocycles. The van der Waals surface area contributed by atoms with Crippen LogP contribution in [0.2, 0.25) is 0 Å². The van der Waals surface area contributed by atoms with Gasteiger partial charge in [-0.2, -0.15) is 0 Å². The van der Waals surface area contributed by atoms with Crippen LogP contribution in [0.4, 0.5) is 0 Å². The van der Waals surface area contributed by atoms with Crippen molar-refractivity contribution in [1.82, 2.24) is 4.90 Å². The van der Waals surface area contributed by atoms with Gasteiger partial charge in [-0.1, -0.05) is 59.2 Å². The third-order valence-electron chi connectivity index (χ3n) is 6.63. The van der Waals surface area contributed by atoms with E-state index < -0.39 is 0 Å². The molecule has 1 heterocycles. The number of nitrogens with two attached hydrogens (primary N) is 1. The van der Waals surface area contributed by atoms with Gasteiger partial charge in [0.2, 0.25) is 5.91 Å². The summed E-state index contributed by atoms with van der Waals surface area (Å²) in [6, 6.07) is 0.222. The monoisotopic (exact) mass is 410 g/mol. The first-order valence-corrected chi connectivity index (χ1v) is 11.8. The largest absolute Gasteiger partial charge is 0.379 e. The van der Waals surface area contributed by atoms with Gasteiger partial charge in [0.1, 0.15) is 0 Å². The maximum absolute atomic E-state index is 13.3. The van der Waals surface area contributed by atoms with E-state index in [-0.39, 0.29) is 23.3 Å². The van der Waals surface area contributed by atoms with E-state index in [1.54, 1.807) is 0 Å². The number of ether oxygens (including phenoxy) is 1. The molecule has 162 valence electrons. The summed E-state index contributed by atoms with van der Waals surface area (Å²) in [6.45, 7) is 11.4. The topological polar surface area (TPSA) is 55.6 Å². The normalized spacial score (nSPS) is 26.2. The summed E-state index contributed by atoms with van der Waals surface area (Å²) in [5, 5.41) is 0. The van der Waals surface area contributed by atoms with E-state index in [0.717, 1.165) is 42.7 Å². The molecule has 1 saturated carbocycles. The molecule has 2 aliphatic rings. The smallest absolute Gasteiger partial charge is 0.226 e. The average molecular weight is 411 g/mol. The number of nitrogens with zero attached hydrogens (tertiary/aromatic N) is 1. The summed E-state index contributed by atoms with van der Waals surface area (Å²) in [6.07, 6.45) is 9.44. The number of carbonyl (C=O) groups excluding carboxylic acids is 1. The lowest BCUT2D eigenvalue weighted by molar-refractivity contribution is -0.141. The Morgan fingerprint density at radius 2 is 1.96 bits per heavy atom. The van der Waals surface area contributed by atoms with E-state index in [1.165, 1.54) is 32.1 Å². The molecule has 0 radical (unpaired) electrons. The van der Waals surface area contributed by atoms with Gasteiger partial charge < -0.3 is 15.4 Å². The van der Waals surface area contributed by atoms with Crippen molar-refractivity contribution in [2.45, 2.75) is 85.1 Å².